The molecule has 0 spiro atoms. The van der Waals surface area contributed by atoms with Crippen LogP contribution in [-0.4, -0.2) is 40.8 Å². The van der Waals surface area contributed by atoms with Crippen molar-refractivity contribution in [1.29, 1.82) is 0 Å². The smallest absolute Gasteiger partial charge is 0.154 e. The molecule has 1 fully saturated rings. The minimum Gasteiger partial charge on any atom is -0.355 e. The number of nitrogens with zero attached hydrogens (tertiary/aromatic N) is 4. The highest BCUT2D eigenvalue weighted by atomic mass is 15.3. The van der Waals surface area contributed by atoms with Crippen LogP contribution in [0.3, 0.4) is 0 Å². The van der Waals surface area contributed by atoms with Crippen molar-refractivity contribution < 1.29 is 0 Å². The highest BCUT2D eigenvalue weighted by molar-refractivity contribution is 5.68. The van der Waals surface area contributed by atoms with E-state index < -0.39 is 0 Å². The average molecular weight is 287 g/mol. The van der Waals surface area contributed by atoms with Crippen molar-refractivity contribution in [3.63, 3.8) is 0 Å². The molecule has 0 amide bonds. The van der Waals surface area contributed by atoms with Crippen LogP contribution in [-0.2, 0) is 0 Å². The first-order chi connectivity index (χ1) is 10.2. The Bertz CT molecular complexity index is 577. The highest BCUT2D eigenvalue weighted by Crippen LogP contribution is 2.24. The third-order valence-electron chi connectivity index (χ3n) is 4.11. The molecule has 1 atom stereocenters. The Labute approximate surface area is 126 Å². The van der Waals surface area contributed by atoms with Gasteiger partial charge in [-0.1, -0.05) is 13.8 Å². The van der Waals surface area contributed by atoms with Gasteiger partial charge in [0, 0.05) is 25.5 Å². The van der Waals surface area contributed by atoms with E-state index in [9.17, 15) is 0 Å². The molecule has 0 aliphatic carbocycles. The summed E-state index contributed by atoms with van der Waals surface area (Å²) >= 11 is 0. The number of nitrogens with one attached hydrogen (secondary N) is 1. The van der Waals surface area contributed by atoms with Crippen molar-refractivity contribution in [1.82, 2.24) is 19.9 Å². The largest absolute Gasteiger partial charge is 0.355 e. The monoisotopic (exact) mass is 287 g/mol. The molecular weight excluding hydrogens is 262 g/mol. The first-order valence-corrected chi connectivity index (χ1v) is 7.98. The van der Waals surface area contributed by atoms with Crippen molar-refractivity contribution in [3.05, 3.63) is 24.7 Å². The van der Waals surface area contributed by atoms with Crippen molar-refractivity contribution in [2.24, 2.45) is 11.8 Å². The molecule has 0 saturated carbocycles. The Hall–Kier alpha value is -1.62. The molecule has 1 saturated heterocycles. The van der Waals surface area contributed by atoms with Gasteiger partial charge in [0.1, 0.15) is 5.52 Å². The second-order valence-corrected chi connectivity index (χ2v) is 6.42. The lowest BCUT2D eigenvalue weighted by atomic mass is 9.97. The molecular formula is C16H25N5. The number of hydrogen-bond donors (Lipinski definition) is 1. The predicted molar refractivity (Wildman–Crippen MR) is 85.6 cm³/mol. The average Bonchev–Trinajstić information content (AvgIpc) is 2.95. The summed E-state index contributed by atoms with van der Waals surface area (Å²) < 4.78 is 1.91. The van der Waals surface area contributed by atoms with Crippen LogP contribution in [0, 0.1) is 11.8 Å². The van der Waals surface area contributed by atoms with Crippen molar-refractivity contribution >= 4 is 11.3 Å². The van der Waals surface area contributed by atoms with E-state index in [1.54, 1.807) is 0 Å². The first kappa shape index (κ1) is 14.3. The second-order valence-electron chi connectivity index (χ2n) is 6.42. The fourth-order valence-electron chi connectivity index (χ4n) is 3.09. The van der Waals surface area contributed by atoms with Gasteiger partial charge < -0.3 is 10.2 Å². The van der Waals surface area contributed by atoms with E-state index in [0.29, 0.717) is 11.8 Å². The number of aromatic nitrogens is 3. The minimum atomic E-state index is 0.711. The van der Waals surface area contributed by atoms with Gasteiger partial charge in [-0.2, -0.15) is 5.10 Å². The van der Waals surface area contributed by atoms with Crippen LogP contribution in [0.1, 0.15) is 26.7 Å². The van der Waals surface area contributed by atoms with Crippen LogP contribution in [0.2, 0.25) is 0 Å². The van der Waals surface area contributed by atoms with E-state index >= 15 is 0 Å². The Morgan fingerprint density at radius 2 is 2.29 bits per heavy atom. The van der Waals surface area contributed by atoms with Crippen LogP contribution in [0.25, 0.3) is 5.52 Å². The van der Waals surface area contributed by atoms with Gasteiger partial charge in [-0.3, -0.25) is 0 Å². The van der Waals surface area contributed by atoms with E-state index in [2.05, 4.69) is 34.1 Å². The van der Waals surface area contributed by atoms with Gasteiger partial charge in [0.05, 0.1) is 6.20 Å². The fourth-order valence-corrected chi connectivity index (χ4v) is 3.09. The SMILES string of the molecule is CC(C)CNCC1CCCN(c2nccn3nccc23)C1. The summed E-state index contributed by atoms with van der Waals surface area (Å²) in [5, 5.41) is 7.89. The number of fused-ring (bicyclic) bond motifs is 1. The normalized spacial score (nSPS) is 19.6. The molecule has 5 heteroatoms. The predicted octanol–water partition coefficient (Wildman–Crippen LogP) is 2.19. The van der Waals surface area contributed by atoms with Crippen LogP contribution in [0.4, 0.5) is 5.82 Å². The van der Waals surface area contributed by atoms with E-state index in [1.807, 2.05) is 29.2 Å². The molecule has 3 heterocycles. The zero-order valence-corrected chi connectivity index (χ0v) is 13.0. The summed E-state index contributed by atoms with van der Waals surface area (Å²) in [6, 6.07) is 2.04. The molecule has 2 aromatic rings. The van der Waals surface area contributed by atoms with Crippen LogP contribution in [0.15, 0.2) is 24.7 Å². The van der Waals surface area contributed by atoms with Gasteiger partial charge in [-0.05, 0) is 43.8 Å². The summed E-state index contributed by atoms with van der Waals surface area (Å²) in [7, 11) is 0. The van der Waals surface area contributed by atoms with Crippen LogP contribution >= 0.6 is 0 Å². The second kappa shape index (κ2) is 6.43. The molecule has 1 aliphatic rings. The molecule has 1 aliphatic heterocycles. The van der Waals surface area contributed by atoms with Crippen molar-refractivity contribution in [3.8, 4) is 0 Å². The van der Waals surface area contributed by atoms with E-state index in [0.717, 1.165) is 37.5 Å². The maximum Gasteiger partial charge on any atom is 0.154 e. The molecule has 1 unspecified atom stereocenters. The molecule has 0 aromatic carbocycles. The van der Waals surface area contributed by atoms with E-state index in [1.165, 1.54) is 12.8 Å². The zero-order chi connectivity index (χ0) is 14.7. The maximum absolute atomic E-state index is 4.59. The molecule has 21 heavy (non-hydrogen) atoms. The minimum absolute atomic E-state index is 0.711. The van der Waals surface area contributed by atoms with E-state index in [4.69, 9.17) is 0 Å². The Morgan fingerprint density at radius 1 is 1.38 bits per heavy atom. The summed E-state index contributed by atoms with van der Waals surface area (Å²) in [4.78, 5) is 7.01. The van der Waals surface area contributed by atoms with Crippen LogP contribution < -0.4 is 10.2 Å². The molecule has 5 nitrogen and oxygen atoms in total. The summed E-state index contributed by atoms with van der Waals surface area (Å²) in [6.07, 6.45) is 8.14. The van der Waals surface area contributed by atoms with Gasteiger partial charge in [0.25, 0.3) is 0 Å². The summed E-state index contributed by atoms with van der Waals surface area (Å²) in [6.45, 7) is 8.90. The highest BCUT2D eigenvalue weighted by Gasteiger charge is 2.22. The molecule has 1 N–H and O–H groups in total. The standard InChI is InChI=1S/C16H25N5/c1-13(2)10-17-11-14-4-3-8-20(12-14)16-15-5-6-19-21(15)9-7-18-16/h5-7,9,13-14,17H,3-4,8,10-12H2,1-2H3. The number of rotatable bonds is 5. The Morgan fingerprint density at radius 3 is 3.14 bits per heavy atom. The Balaban J connectivity index is 1.67. The van der Waals surface area contributed by atoms with Gasteiger partial charge >= 0.3 is 0 Å². The van der Waals surface area contributed by atoms with Gasteiger partial charge in [0.15, 0.2) is 5.82 Å². The topological polar surface area (TPSA) is 45.5 Å². The van der Waals surface area contributed by atoms with Gasteiger partial charge in [0.2, 0.25) is 0 Å². The zero-order valence-electron chi connectivity index (χ0n) is 13.0. The lowest BCUT2D eigenvalue weighted by Crippen LogP contribution is -2.40. The maximum atomic E-state index is 4.59. The quantitative estimate of drug-likeness (QED) is 0.915. The van der Waals surface area contributed by atoms with Gasteiger partial charge in [-0.15, -0.1) is 0 Å². The molecule has 0 radical (unpaired) electrons. The molecule has 114 valence electrons. The van der Waals surface area contributed by atoms with E-state index in [-0.39, 0.29) is 0 Å². The summed E-state index contributed by atoms with van der Waals surface area (Å²) in [5.74, 6) is 2.50. The summed E-state index contributed by atoms with van der Waals surface area (Å²) in [5.41, 5.74) is 1.10. The lowest BCUT2D eigenvalue weighted by Gasteiger charge is -2.34. The number of piperidine rings is 1. The number of hydrogen-bond acceptors (Lipinski definition) is 4. The lowest BCUT2D eigenvalue weighted by molar-refractivity contribution is 0.381. The number of anilines is 1. The van der Waals surface area contributed by atoms with Crippen molar-refractivity contribution in [2.45, 2.75) is 26.7 Å². The fraction of sp³-hybridized carbons (Fsp3) is 0.625. The Kier molecular flexibility index (Phi) is 4.39. The molecule has 3 rings (SSSR count). The third-order valence-corrected chi connectivity index (χ3v) is 4.11. The molecule has 2 aromatic heterocycles. The molecule has 0 bridgehead atoms. The van der Waals surface area contributed by atoms with Crippen molar-refractivity contribution in [2.75, 3.05) is 31.1 Å². The van der Waals surface area contributed by atoms with Crippen LogP contribution in [0.5, 0.6) is 0 Å². The van der Waals surface area contributed by atoms with Gasteiger partial charge in [-0.25, -0.2) is 9.50 Å². The first-order valence-electron chi connectivity index (χ1n) is 7.98. The third kappa shape index (κ3) is 3.35.